The Labute approximate surface area is 172 Å². The van der Waals surface area contributed by atoms with Crippen LogP contribution in [0.4, 0.5) is 11.4 Å². The average Bonchev–Trinajstić information content (AvgIpc) is 3.36. The van der Waals surface area contributed by atoms with Gasteiger partial charge in [-0.05, 0) is 36.6 Å². The van der Waals surface area contributed by atoms with Gasteiger partial charge in [0.15, 0.2) is 0 Å². The molecular weight excluding hydrogens is 385 g/mol. The van der Waals surface area contributed by atoms with Gasteiger partial charge in [-0.15, -0.1) is 24.8 Å². The molecule has 0 unspecified atom stereocenters. The first kappa shape index (κ1) is 21.5. The summed E-state index contributed by atoms with van der Waals surface area (Å²) in [5.74, 6) is 0.188. The van der Waals surface area contributed by atoms with Crippen molar-refractivity contribution in [2.75, 3.05) is 36.4 Å². The van der Waals surface area contributed by atoms with Gasteiger partial charge in [-0.3, -0.25) is 9.48 Å². The number of rotatable bonds is 4. The van der Waals surface area contributed by atoms with Gasteiger partial charge in [0.2, 0.25) is 5.91 Å². The molecule has 4 rings (SSSR count). The molecular formula is C19H27Cl2N5O. The number of carbonyl (C=O) groups is 1. The van der Waals surface area contributed by atoms with E-state index in [0.29, 0.717) is 6.54 Å². The quantitative estimate of drug-likeness (QED) is 0.811. The number of hydrogen-bond acceptors (Lipinski definition) is 4. The summed E-state index contributed by atoms with van der Waals surface area (Å²) in [6, 6.07) is 8.20. The minimum Gasteiger partial charge on any atom is -0.371 e. The van der Waals surface area contributed by atoms with Crippen LogP contribution in [0.5, 0.6) is 0 Å². The highest BCUT2D eigenvalue weighted by Crippen LogP contribution is 2.29. The van der Waals surface area contributed by atoms with Crippen LogP contribution in [0.1, 0.15) is 24.3 Å². The van der Waals surface area contributed by atoms with E-state index in [2.05, 4.69) is 32.8 Å². The van der Waals surface area contributed by atoms with E-state index in [0.717, 1.165) is 30.9 Å². The largest absolute Gasteiger partial charge is 0.371 e. The number of hydrogen-bond donors (Lipinski definition) is 2. The summed E-state index contributed by atoms with van der Waals surface area (Å²) in [5, 5.41) is 10.7. The maximum absolute atomic E-state index is 12.8. The standard InChI is InChI=1S/C19H25N5O.2ClH/c1-23-13-14(10-21-23)17-11-20-12-18(17)19(25)22-15-5-4-6-16(9-15)24-7-2-3-8-24;;/h4-6,9-10,13,17-18,20H,2-3,7-8,11-12H2,1H3,(H,22,25);2*1H/t17-,18+;;/m1../s1. The molecule has 1 amide bonds. The molecule has 1 aromatic carbocycles. The predicted octanol–water partition coefficient (Wildman–Crippen LogP) is 2.81. The van der Waals surface area contributed by atoms with Crippen molar-refractivity contribution in [3.8, 4) is 0 Å². The molecule has 2 fully saturated rings. The molecule has 2 aliphatic rings. The van der Waals surface area contributed by atoms with Gasteiger partial charge in [-0.25, -0.2) is 0 Å². The predicted molar refractivity (Wildman–Crippen MR) is 113 cm³/mol. The summed E-state index contributed by atoms with van der Waals surface area (Å²) in [4.78, 5) is 15.2. The summed E-state index contributed by atoms with van der Waals surface area (Å²) in [7, 11) is 1.91. The van der Waals surface area contributed by atoms with E-state index in [4.69, 9.17) is 0 Å². The molecule has 0 spiro atoms. The Morgan fingerprint density at radius 2 is 2.00 bits per heavy atom. The molecule has 2 saturated heterocycles. The zero-order valence-corrected chi connectivity index (χ0v) is 17.1. The third kappa shape index (κ3) is 4.75. The van der Waals surface area contributed by atoms with Crippen LogP contribution in [0, 0.1) is 5.92 Å². The Bertz CT molecular complexity index is 760. The van der Waals surface area contributed by atoms with E-state index in [9.17, 15) is 4.79 Å². The van der Waals surface area contributed by atoms with Crippen molar-refractivity contribution < 1.29 is 4.79 Å². The van der Waals surface area contributed by atoms with Crippen molar-refractivity contribution in [3.63, 3.8) is 0 Å². The van der Waals surface area contributed by atoms with E-state index in [-0.39, 0.29) is 42.6 Å². The number of anilines is 2. The van der Waals surface area contributed by atoms with Crippen LogP contribution in [-0.4, -0.2) is 41.9 Å². The Hall–Kier alpha value is -1.76. The molecule has 2 aromatic rings. The second-order valence-electron chi connectivity index (χ2n) is 7.05. The van der Waals surface area contributed by atoms with E-state index < -0.39 is 0 Å². The summed E-state index contributed by atoms with van der Waals surface area (Å²) in [6.45, 7) is 3.73. The first-order valence-electron chi connectivity index (χ1n) is 9.06. The molecule has 0 saturated carbocycles. The molecule has 0 radical (unpaired) electrons. The number of aromatic nitrogens is 2. The fraction of sp³-hybridized carbons (Fsp3) is 0.474. The third-order valence-corrected chi connectivity index (χ3v) is 5.29. The molecule has 8 heteroatoms. The third-order valence-electron chi connectivity index (χ3n) is 5.29. The van der Waals surface area contributed by atoms with Gasteiger partial charge in [0.25, 0.3) is 0 Å². The summed E-state index contributed by atoms with van der Waals surface area (Å²) >= 11 is 0. The van der Waals surface area contributed by atoms with Crippen LogP contribution in [0.15, 0.2) is 36.7 Å². The maximum atomic E-state index is 12.8. The number of aryl methyl sites for hydroxylation is 1. The SMILES string of the molecule is Cl.Cl.Cn1cc([C@H]2CNC[C@@H]2C(=O)Nc2cccc(N3CCCC3)c2)cn1. The van der Waals surface area contributed by atoms with Crippen LogP contribution in [0.25, 0.3) is 0 Å². The highest BCUT2D eigenvalue weighted by atomic mass is 35.5. The molecule has 3 heterocycles. The van der Waals surface area contributed by atoms with E-state index in [1.54, 1.807) is 4.68 Å². The highest BCUT2D eigenvalue weighted by Gasteiger charge is 2.34. The number of nitrogens with one attached hydrogen (secondary N) is 2. The Morgan fingerprint density at radius 1 is 1.22 bits per heavy atom. The van der Waals surface area contributed by atoms with Gasteiger partial charge in [0.1, 0.15) is 0 Å². The van der Waals surface area contributed by atoms with Crippen molar-refractivity contribution >= 4 is 42.1 Å². The monoisotopic (exact) mass is 411 g/mol. The molecule has 148 valence electrons. The van der Waals surface area contributed by atoms with E-state index in [1.807, 2.05) is 31.6 Å². The summed E-state index contributed by atoms with van der Waals surface area (Å²) < 4.78 is 1.79. The van der Waals surface area contributed by atoms with Gasteiger partial charge in [0.05, 0.1) is 12.1 Å². The number of benzene rings is 1. The summed E-state index contributed by atoms with van der Waals surface area (Å²) in [5.41, 5.74) is 3.20. The first-order chi connectivity index (χ1) is 12.2. The molecule has 6 nitrogen and oxygen atoms in total. The number of amides is 1. The van der Waals surface area contributed by atoms with Gasteiger partial charge in [0, 0.05) is 56.7 Å². The van der Waals surface area contributed by atoms with Crippen LogP contribution < -0.4 is 15.5 Å². The molecule has 27 heavy (non-hydrogen) atoms. The second-order valence-corrected chi connectivity index (χ2v) is 7.05. The van der Waals surface area contributed by atoms with Gasteiger partial charge < -0.3 is 15.5 Å². The van der Waals surface area contributed by atoms with Gasteiger partial charge in [-0.2, -0.15) is 5.10 Å². The molecule has 0 bridgehead atoms. The van der Waals surface area contributed by atoms with Crippen molar-refractivity contribution in [1.82, 2.24) is 15.1 Å². The second kappa shape index (κ2) is 9.44. The van der Waals surface area contributed by atoms with Gasteiger partial charge in [-0.1, -0.05) is 6.07 Å². The maximum Gasteiger partial charge on any atom is 0.229 e. The van der Waals surface area contributed by atoms with E-state index >= 15 is 0 Å². The summed E-state index contributed by atoms with van der Waals surface area (Å²) in [6.07, 6.45) is 6.37. The smallest absolute Gasteiger partial charge is 0.229 e. The minimum atomic E-state index is -0.0698. The Kier molecular flexibility index (Phi) is 7.53. The Balaban J connectivity index is 0.00000131. The number of nitrogens with zero attached hydrogens (tertiary/aromatic N) is 3. The zero-order valence-electron chi connectivity index (χ0n) is 15.4. The fourth-order valence-electron chi connectivity index (χ4n) is 3.93. The zero-order chi connectivity index (χ0) is 17.2. The van der Waals surface area contributed by atoms with Crippen molar-refractivity contribution in [3.05, 3.63) is 42.2 Å². The van der Waals surface area contributed by atoms with E-state index in [1.165, 1.54) is 18.5 Å². The van der Waals surface area contributed by atoms with Crippen molar-refractivity contribution in [2.24, 2.45) is 13.0 Å². The van der Waals surface area contributed by atoms with Gasteiger partial charge >= 0.3 is 0 Å². The van der Waals surface area contributed by atoms with Crippen molar-refractivity contribution in [1.29, 1.82) is 0 Å². The minimum absolute atomic E-state index is 0. The Morgan fingerprint density at radius 3 is 2.70 bits per heavy atom. The fourth-order valence-corrected chi connectivity index (χ4v) is 3.93. The van der Waals surface area contributed by atoms with Crippen LogP contribution in [0.3, 0.4) is 0 Å². The van der Waals surface area contributed by atoms with Crippen LogP contribution in [-0.2, 0) is 11.8 Å². The van der Waals surface area contributed by atoms with Crippen molar-refractivity contribution in [2.45, 2.75) is 18.8 Å². The highest BCUT2D eigenvalue weighted by molar-refractivity contribution is 5.94. The molecule has 2 aliphatic heterocycles. The molecule has 1 aromatic heterocycles. The number of halogens is 2. The lowest BCUT2D eigenvalue weighted by Crippen LogP contribution is -2.28. The lowest BCUT2D eigenvalue weighted by molar-refractivity contribution is -0.119. The average molecular weight is 412 g/mol. The first-order valence-corrected chi connectivity index (χ1v) is 9.06. The molecule has 2 atom stereocenters. The molecule has 0 aliphatic carbocycles. The lowest BCUT2D eigenvalue weighted by atomic mass is 9.90. The lowest BCUT2D eigenvalue weighted by Gasteiger charge is -2.20. The topological polar surface area (TPSA) is 62.2 Å². The van der Waals surface area contributed by atoms with Crippen LogP contribution in [0.2, 0.25) is 0 Å². The number of carbonyl (C=O) groups excluding carboxylic acids is 1. The molecule has 2 N–H and O–H groups in total. The normalized spacial score (nSPS) is 21.4. The van der Waals surface area contributed by atoms with Crippen LogP contribution >= 0.6 is 24.8 Å².